The molecule has 0 spiro atoms. The summed E-state index contributed by atoms with van der Waals surface area (Å²) < 4.78 is 0. The van der Waals surface area contributed by atoms with E-state index >= 15 is 0 Å². The Labute approximate surface area is 191 Å². The van der Waals surface area contributed by atoms with Crippen LogP contribution in [0.1, 0.15) is 48.0 Å². The number of benzene rings is 3. The smallest absolute Gasteiger partial charge is 0.254 e. The first-order valence-electron chi connectivity index (χ1n) is 11.8. The van der Waals surface area contributed by atoms with Gasteiger partial charge in [0.2, 0.25) is 0 Å². The van der Waals surface area contributed by atoms with Crippen molar-refractivity contribution in [1.82, 2.24) is 9.80 Å². The van der Waals surface area contributed by atoms with Gasteiger partial charge in [0, 0.05) is 30.2 Å². The molecule has 4 heteroatoms. The summed E-state index contributed by atoms with van der Waals surface area (Å²) in [6.07, 6.45) is 5.24. The van der Waals surface area contributed by atoms with E-state index in [1.807, 2.05) is 6.07 Å². The molecule has 0 saturated carbocycles. The van der Waals surface area contributed by atoms with Crippen molar-refractivity contribution in [1.29, 1.82) is 0 Å². The molecule has 0 radical (unpaired) electrons. The Hall–Kier alpha value is -2.69. The van der Waals surface area contributed by atoms with E-state index in [1.165, 1.54) is 28.5 Å². The number of carbonyl (C=O) groups excluding carboxylic acids is 1. The normalized spacial score (nSPS) is 23.0. The lowest BCUT2D eigenvalue weighted by molar-refractivity contribution is 0.0243. The molecule has 4 nitrogen and oxygen atoms in total. The van der Waals surface area contributed by atoms with E-state index in [4.69, 9.17) is 5.73 Å². The first kappa shape index (κ1) is 21.2. The summed E-state index contributed by atoms with van der Waals surface area (Å²) in [4.78, 5) is 17.9. The van der Waals surface area contributed by atoms with Crippen LogP contribution in [-0.4, -0.2) is 47.9 Å². The van der Waals surface area contributed by atoms with Crippen molar-refractivity contribution < 1.29 is 4.79 Å². The highest BCUT2D eigenvalue weighted by Gasteiger charge is 2.40. The fraction of sp³-hybridized carbons (Fsp3) is 0.393. The number of hydrogen-bond acceptors (Lipinski definition) is 3. The lowest BCUT2D eigenvalue weighted by Crippen LogP contribution is -2.57. The third-order valence-electron chi connectivity index (χ3n) is 7.11. The van der Waals surface area contributed by atoms with E-state index in [1.54, 1.807) is 0 Å². The predicted molar refractivity (Wildman–Crippen MR) is 132 cm³/mol. The van der Waals surface area contributed by atoms with Crippen LogP contribution >= 0.6 is 0 Å². The van der Waals surface area contributed by atoms with Crippen molar-refractivity contribution in [2.75, 3.05) is 14.1 Å². The molecule has 32 heavy (non-hydrogen) atoms. The Bertz CT molecular complexity index is 1120. The molecule has 3 aromatic carbocycles. The monoisotopic (exact) mass is 427 g/mol. The molecule has 1 amide bonds. The Morgan fingerprint density at radius 1 is 1.00 bits per heavy atom. The number of fused-ring (bicyclic) bond motifs is 3. The van der Waals surface area contributed by atoms with Crippen molar-refractivity contribution in [2.24, 2.45) is 5.73 Å². The Morgan fingerprint density at radius 2 is 1.75 bits per heavy atom. The van der Waals surface area contributed by atoms with Crippen LogP contribution in [0.4, 0.5) is 0 Å². The second-order valence-corrected chi connectivity index (χ2v) is 9.86. The predicted octanol–water partition coefficient (Wildman–Crippen LogP) is 5.05. The molecule has 3 atom stereocenters. The molecule has 2 fully saturated rings. The van der Waals surface area contributed by atoms with Gasteiger partial charge < -0.3 is 15.5 Å². The SMILES string of the molecule is CN(C)Cc1cccc(-c2cccc3cc(C(=O)N4[C@@H]5CCC[C@H]4CC(N)C5)ccc23)c1. The van der Waals surface area contributed by atoms with E-state index in [2.05, 4.69) is 78.5 Å². The molecule has 2 bridgehead atoms. The summed E-state index contributed by atoms with van der Waals surface area (Å²) >= 11 is 0. The lowest BCUT2D eigenvalue weighted by atomic mass is 9.81. The summed E-state index contributed by atoms with van der Waals surface area (Å²) in [5.74, 6) is 0.173. The van der Waals surface area contributed by atoms with E-state index in [0.29, 0.717) is 12.1 Å². The highest BCUT2D eigenvalue weighted by molar-refractivity contribution is 6.03. The molecule has 2 aliphatic heterocycles. The van der Waals surface area contributed by atoms with Crippen molar-refractivity contribution in [3.8, 4) is 11.1 Å². The van der Waals surface area contributed by atoms with Crippen LogP contribution in [-0.2, 0) is 6.54 Å². The topological polar surface area (TPSA) is 49.6 Å². The molecule has 5 rings (SSSR count). The van der Waals surface area contributed by atoms with Gasteiger partial charge in [-0.05, 0) is 91.9 Å². The van der Waals surface area contributed by atoms with Gasteiger partial charge >= 0.3 is 0 Å². The number of nitrogens with zero attached hydrogens (tertiary/aromatic N) is 2. The number of nitrogens with two attached hydrogens (primary N) is 1. The van der Waals surface area contributed by atoms with E-state index in [-0.39, 0.29) is 11.9 Å². The molecular weight excluding hydrogens is 394 g/mol. The minimum absolute atomic E-state index is 0.173. The molecule has 166 valence electrons. The van der Waals surface area contributed by atoms with Gasteiger partial charge in [-0.2, -0.15) is 0 Å². The fourth-order valence-electron chi connectivity index (χ4n) is 5.77. The molecule has 3 aromatic rings. The Balaban J connectivity index is 1.48. The third kappa shape index (κ3) is 4.05. The molecule has 2 aliphatic rings. The quantitative estimate of drug-likeness (QED) is 0.634. The summed E-state index contributed by atoms with van der Waals surface area (Å²) in [5, 5.41) is 2.30. The number of hydrogen-bond donors (Lipinski definition) is 1. The number of carbonyl (C=O) groups is 1. The van der Waals surface area contributed by atoms with Crippen LogP contribution in [0, 0.1) is 0 Å². The van der Waals surface area contributed by atoms with Gasteiger partial charge in [-0.25, -0.2) is 0 Å². The lowest BCUT2D eigenvalue weighted by Gasteiger charge is -2.48. The van der Waals surface area contributed by atoms with E-state index in [0.717, 1.165) is 43.2 Å². The minimum Gasteiger partial charge on any atom is -0.333 e. The molecule has 2 N–H and O–H groups in total. The maximum Gasteiger partial charge on any atom is 0.254 e. The summed E-state index contributed by atoms with van der Waals surface area (Å²) in [6, 6.07) is 22.2. The number of amides is 1. The van der Waals surface area contributed by atoms with Gasteiger partial charge in [0.05, 0.1) is 0 Å². The van der Waals surface area contributed by atoms with Crippen LogP contribution in [0.2, 0.25) is 0 Å². The van der Waals surface area contributed by atoms with Crippen LogP contribution < -0.4 is 5.73 Å². The second-order valence-electron chi connectivity index (χ2n) is 9.86. The zero-order valence-electron chi connectivity index (χ0n) is 19.1. The standard InChI is InChI=1S/C28H33N3O/c1-30(2)18-19-6-3-7-20(14-19)26-11-4-8-21-15-22(12-13-27(21)26)28(32)31-24-9-5-10-25(31)17-23(29)16-24/h3-4,6-8,11-15,23-25H,5,9-10,16-18,29H2,1-2H3/t23?,24-,25+. The van der Waals surface area contributed by atoms with Crippen molar-refractivity contribution in [3.63, 3.8) is 0 Å². The third-order valence-corrected chi connectivity index (χ3v) is 7.11. The van der Waals surface area contributed by atoms with Crippen molar-refractivity contribution in [2.45, 2.75) is 56.8 Å². The zero-order chi connectivity index (χ0) is 22.2. The van der Waals surface area contributed by atoms with Crippen LogP contribution in [0.5, 0.6) is 0 Å². The summed E-state index contributed by atoms with van der Waals surface area (Å²) in [6.45, 7) is 0.916. The highest BCUT2D eigenvalue weighted by Crippen LogP contribution is 2.36. The molecule has 2 saturated heterocycles. The fourth-order valence-corrected chi connectivity index (χ4v) is 5.77. The molecule has 1 unspecified atom stereocenters. The average molecular weight is 428 g/mol. The van der Waals surface area contributed by atoms with Gasteiger partial charge in [0.1, 0.15) is 0 Å². The second kappa shape index (κ2) is 8.68. The number of piperidine rings is 2. The zero-order valence-corrected chi connectivity index (χ0v) is 19.1. The maximum absolute atomic E-state index is 13.5. The van der Waals surface area contributed by atoms with Gasteiger partial charge in [0.25, 0.3) is 5.91 Å². The summed E-state index contributed by atoms with van der Waals surface area (Å²) in [7, 11) is 4.18. The van der Waals surface area contributed by atoms with Crippen molar-refractivity contribution >= 4 is 16.7 Å². The van der Waals surface area contributed by atoms with Gasteiger partial charge in [-0.1, -0.05) is 42.5 Å². The van der Waals surface area contributed by atoms with Crippen LogP contribution in [0.3, 0.4) is 0 Å². The Morgan fingerprint density at radius 3 is 2.50 bits per heavy atom. The Kier molecular flexibility index (Phi) is 5.75. The van der Waals surface area contributed by atoms with Crippen LogP contribution in [0.25, 0.3) is 21.9 Å². The van der Waals surface area contributed by atoms with Crippen LogP contribution in [0.15, 0.2) is 60.7 Å². The van der Waals surface area contributed by atoms with Gasteiger partial charge in [-0.3, -0.25) is 4.79 Å². The maximum atomic E-state index is 13.5. The molecule has 0 aliphatic carbocycles. The summed E-state index contributed by atoms with van der Waals surface area (Å²) in [5.41, 5.74) is 10.8. The van der Waals surface area contributed by atoms with E-state index in [9.17, 15) is 4.79 Å². The molecule has 0 aromatic heterocycles. The van der Waals surface area contributed by atoms with E-state index < -0.39 is 0 Å². The minimum atomic E-state index is 0.173. The molecular formula is C28H33N3O. The largest absolute Gasteiger partial charge is 0.333 e. The highest BCUT2D eigenvalue weighted by atomic mass is 16.2. The first-order valence-corrected chi connectivity index (χ1v) is 11.8. The van der Waals surface area contributed by atoms with Gasteiger partial charge in [-0.15, -0.1) is 0 Å². The average Bonchev–Trinajstić information content (AvgIpc) is 2.77. The van der Waals surface area contributed by atoms with Crippen molar-refractivity contribution in [3.05, 3.63) is 71.8 Å². The number of rotatable bonds is 4. The first-order chi connectivity index (χ1) is 15.5. The molecule has 2 heterocycles. The van der Waals surface area contributed by atoms with Gasteiger partial charge in [0.15, 0.2) is 0 Å².